The topological polar surface area (TPSA) is 3.24 Å². The fraction of sp³-hybridized carbons (Fsp3) is 0.882. The fourth-order valence-electron chi connectivity index (χ4n) is 15.4. The number of nitrogens with zero attached hydrogens (tertiary/aromatic N) is 1. The zero-order valence-corrected chi connectivity index (χ0v) is 22.7. The summed E-state index contributed by atoms with van der Waals surface area (Å²) in [7, 11) is 0. The van der Waals surface area contributed by atoms with Crippen molar-refractivity contribution in [3.8, 4) is 0 Å². The third kappa shape index (κ3) is 2.76. The van der Waals surface area contributed by atoms with Crippen LogP contribution in [0.5, 0.6) is 0 Å². The predicted molar refractivity (Wildman–Crippen MR) is 147 cm³/mol. The van der Waals surface area contributed by atoms with Gasteiger partial charge in [0, 0.05) is 16.7 Å². The molecule has 0 amide bonds. The Morgan fingerprint density at radius 2 is 0.917 bits per heavy atom. The van der Waals surface area contributed by atoms with Crippen LogP contribution in [0.3, 0.4) is 0 Å². The van der Waals surface area contributed by atoms with Crippen molar-refractivity contribution in [1.29, 1.82) is 0 Å². The molecule has 2 heteroatoms. The van der Waals surface area contributed by atoms with Crippen LogP contribution in [0.2, 0.25) is 5.31 Å². The minimum Gasteiger partial charge on any atom is -0.408 e. The van der Waals surface area contributed by atoms with Crippen LogP contribution in [-0.2, 0) is 0 Å². The van der Waals surface area contributed by atoms with Crippen LogP contribution < -0.4 is 0 Å². The molecule has 1 nitrogen and oxygen atoms in total. The maximum Gasteiger partial charge on any atom is 0.287 e. The highest BCUT2D eigenvalue weighted by molar-refractivity contribution is 6.66. The lowest BCUT2D eigenvalue weighted by molar-refractivity contribution is -0.0829. The molecule has 192 valence electrons. The Kier molecular flexibility index (Phi) is 4.07. The van der Waals surface area contributed by atoms with Crippen LogP contribution in [-0.4, -0.2) is 17.2 Å². The third-order valence-corrected chi connectivity index (χ3v) is 14.9. The molecule has 0 unspecified atom stereocenters. The lowest BCUT2D eigenvalue weighted by atomic mass is 9.27. The van der Waals surface area contributed by atoms with Crippen LogP contribution in [0.4, 0.5) is 0 Å². The molecule has 0 aromatic rings. The van der Waals surface area contributed by atoms with Gasteiger partial charge >= 0.3 is 0 Å². The van der Waals surface area contributed by atoms with Crippen LogP contribution in [0.15, 0.2) is 23.8 Å². The Bertz CT molecular complexity index is 928. The van der Waals surface area contributed by atoms with Gasteiger partial charge in [-0.25, -0.2) is 0 Å². The quantitative estimate of drug-likeness (QED) is 0.366. The van der Waals surface area contributed by atoms with Crippen molar-refractivity contribution in [3.63, 3.8) is 0 Å². The molecular formula is C34H48BN. The molecule has 12 bridgehead atoms. The van der Waals surface area contributed by atoms with Gasteiger partial charge in [-0.2, -0.15) is 0 Å². The summed E-state index contributed by atoms with van der Waals surface area (Å²) in [4.78, 5) is 3.39. The average molecular weight is 482 g/mol. The van der Waals surface area contributed by atoms with E-state index in [4.69, 9.17) is 0 Å². The molecule has 12 saturated carbocycles. The van der Waals surface area contributed by atoms with Gasteiger partial charge in [0.1, 0.15) is 0 Å². The van der Waals surface area contributed by atoms with E-state index in [2.05, 4.69) is 22.9 Å². The molecule has 13 aliphatic rings. The summed E-state index contributed by atoms with van der Waals surface area (Å²) in [6.07, 6.45) is 33.7. The second kappa shape index (κ2) is 6.91. The standard InChI is InChI=1S/C34H48BN/c1-2-31(32-13-22-4-23(14-32)6-24(5-22)15-32)36(34-19-28-10-29(20-34)12-30(11-28)21-34)35(3-1)33-16-25-7-26(17-33)9-27(8-25)18-33/h1-3,22-30H,4-21H2. The maximum absolute atomic E-state index is 3.39. The Hall–Kier alpha value is -0.655. The Morgan fingerprint density at radius 3 is 1.36 bits per heavy atom. The van der Waals surface area contributed by atoms with Crippen molar-refractivity contribution in [2.75, 3.05) is 0 Å². The number of rotatable bonds is 3. The summed E-state index contributed by atoms with van der Waals surface area (Å²) in [5, 5.41) is 0.608. The zero-order valence-electron chi connectivity index (χ0n) is 22.7. The molecule has 12 aliphatic carbocycles. The largest absolute Gasteiger partial charge is 0.408 e. The van der Waals surface area contributed by atoms with Crippen molar-refractivity contribution < 1.29 is 0 Å². The van der Waals surface area contributed by atoms with E-state index in [1.807, 2.05) is 5.70 Å². The van der Waals surface area contributed by atoms with Crippen LogP contribution in [0.1, 0.15) is 116 Å². The third-order valence-electron chi connectivity index (χ3n) is 14.9. The van der Waals surface area contributed by atoms with Crippen molar-refractivity contribution in [2.45, 2.75) is 126 Å². The van der Waals surface area contributed by atoms with Crippen LogP contribution in [0.25, 0.3) is 0 Å². The number of hydrogen-bond donors (Lipinski definition) is 0. The normalized spacial score (nSPS) is 59.3. The first-order chi connectivity index (χ1) is 17.6. The first-order valence-electron chi connectivity index (χ1n) is 16.7. The van der Waals surface area contributed by atoms with Crippen molar-refractivity contribution in [1.82, 2.24) is 4.81 Å². The van der Waals surface area contributed by atoms with Gasteiger partial charge in [0.2, 0.25) is 0 Å². The maximum atomic E-state index is 3.39. The molecule has 1 heterocycles. The van der Waals surface area contributed by atoms with E-state index in [0.29, 0.717) is 16.3 Å². The average Bonchev–Trinajstić information content (AvgIpc) is 2.81. The highest BCUT2D eigenvalue weighted by Gasteiger charge is 2.64. The molecule has 0 spiro atoms. The predicted octanol–water partition coefficient (Wildman–Crippen LogP) is 8.43. The number of hydrogen-bond acceptors (Lipinski definition) is 1. The summed E-state index contributed by atoms with van der Waals surface area (Å²) in [5.74, 6) is 12.3. The zero-order chi connectivity index (χ0) is 23.3. The summed E-state index contributed by atoms with van der Waals surface area (Å²) in [6.45, 7) is 0.732. The van der Waals surface area contributed by atoms with Gasteiger partial charge < -0.3 is 4.81 Å². The van der Waals surface area contributed by atoms with Gasteiger partial charge in [-0.3, -0.25) is 0 Å². The van der Waals surface area contributed by atoms with Crippen LogP contribution >= 0.6 is 0 Å². The molecule has 1 aliphatic heterocycles. The molecular weight excluding hydrogens is 433 g/mol. The molecule has 13 rings (SSSR count). The molecule has 12 fully saturated rings. The van der Waals surface area contributed by atoms with Crippen molar-refractivity contribution >= 4 is 6.85 Å². The minimum atomic E-state index is 0.517. The van der Waals surface area contributed by atoms with E-state index in [0.717, 1.165) is 60.1 Å². The first kappa shape index (κ1) is 21.2. The highest BCUT2D eigenvalue weighted by atomic mass is 15.2. The summed E-state index contributed by atoms with van der Waals surface area (Å²) in [6, 6.07) is 0. The first-order valence-corrected chi connectivity index (χ1v) is 16.7. The van der Waals surface area contributed by atoms with E-state index < -0.39 is 0 Å². The fourth-order valence-corrected chi connectivity index (χ4v) is 15.4. The van der Waals surface area contributed by atoms with Gasteiger partial charge in [-0.05, 0) is 180 Å². The summed E-state index contributed by atoms with van der Waals surface area (Å²) < 4.78 is 0. The van der Waals surface area contributed by atoms with Gasteiger partial charge in [0.05, 0.1) is 0 Å². The monoisotopic (exact) mass is 481 g/mol. The molecule has 0 aromatic carbocycles. The highest BCUT2D eigenvalue weighted by Crippen LogP contribution is 2.71. The van der Waals surface area contributed by atoms with E-state index >= 15 is 0 Å². The van der Waals surface area contributed by atoms with E-state index in [1.54, 1.807) is 116 Å². The Labute approximate surface area is 220 Å². The smallest absolute Gasteiger partial charge is 0.287 e. The van der Waals surface area contributed by atoms with E-state index in [9.17, 15) is 0 Å². The second-order valence-electron chi connectivity index (χ2n) is 17.4. The van der Waals surface area contributed by atoms with E-state index in [-0.39, 0.29) is 0 Å². The SMILES string of the molecule is C1=CB(C23CC4CC(CC(C4)C2)C3)N(C23CC4CC(CC(C4)C2)C3)C(C23CC4CC(CC(C4)C2)C3)=C1. The van der Waals surface area contributed by atoms with Gasteiger partial charge in [0.25, 0.3) is 6.85 Å². The molecule has 0 radical (unpaired) electrons. The molecule has 0 atom stereocenters. The summed E-state index contributed by atoms with van der Waals surface area (Å²) >= 11 is 0. The Morgan fingerprint density at radius 1 is 0.528 bits per heavy atom. The van der Waals surface area contributed by atoms with E-state index in [1.165, 1.54) is 0 Å². The van der Waals surface area contributed by atoms with Crippen LogP contribution in [0, 0.1) is 58.7 Å². The van der Waals surface area contributed by atoms with Crippen molar-refractivity contribution in [2.24, 2.45) is 58.7 Å². The molecule has 0 aromatic heterocycles. The summed E-state index contributed by atoms with van der Waals surface area (Å²) in [5.41, 5.74) is 3.00. The molecule has 0 saturated heterocycles. The van der Waals surface area contributed by atoms with Gasteiger partial charge in [0.15, 0.2) is 0 Å². The van der Waals surface area contributed by atoms with Crippen molar-refractivity contribution in [3.05, 3.63) is 23.8 Å². The molecule has 36 heavy (non-hydrogen) atoms. The molecule has 0 N–H and O–H groups in total. The second-order valence-corrected chi connectivity index (χ2v) is 17.4. The minimum absolute atomic E-state index is 0.517. The van der Waals surface area contributed by atoms with Gasteiger partial charge in [-0.1, -0.05) is 12.1 Å². The number of allylic oxidation sites excluding steroid dienone is 3. The lowest BCUT2D eigenvalue weighted by Gasteiger charge is -2.69. The Balaban J connectivity index is 1.12. The van der Waals surface area contributed by atoms with Gasteiger partial charge in [-0.15, -0.1) is 0 Å². The lowest BCUT2D eigenvalue weighted by Crippen LogP contribution is -2.69.